The minimum atomic E-state index is -0.175. The Hall–Kier alpha value is -2.59. The van der Waals surface area contributed by atoms with Gasteiger partial charge in [-0.3, -0.25) is 4.79 Å². The average molecular weight is 298 g/mol. The fourth-order valence-electron chi connectivity index (χ4n) is 2.06. The molecule has 0 aliphatic heterocycles. The van der Waals surface area contributed by atoms with Gasteiger partial charge >= 0.3 is 0 Å². The maximum absolute atomic E-state index is 12.4. The van der Waals surface area contributed by atoms with Crippen molar-refractivity contribution in [3.63, 3.8) is 0 Å². The lowest BCUT2D eigenvalue weighted by Crippen LogP contribution is -2.04. The third kappa shape index (κ3) is 2.66. The number of ketones is 1. The molecule has 2 aromatic carbocycles. The average Bonchev–Trinajstić information content (AvgIpc) is 2.97. The van der Waals surface area contributed by atoms with Crippen molar-refractivity contribution < 1.29 is 4.79 Å². The normalized spacial score (nSPS) is 10.5. The van der Waals surface area contributed by atoms with Crippen LogP contribution in [-0.2, 0) is 0 Å². The standard InChI is InChI=1S/C16H12ClN3O/c17-12-6-7-14(15(18)8-12)16(21)11-9-19-20(10-11)13-4-2-1-3-5-13/h1-10H,18H2. The summed E-state index contributed by atoms with van der Waals surface area (Å²) in [5.74, 6) is -0.175. The summed E-state index contributed by atoms with van der Waals surface area (Å²) in [6, 6.07) is 14.4. The Labute approximate surface area is 126 Å². The van der Waals surface area contributed by atoms with Crippen molar-refractivity contribution in [2.75, 3.05) is 5.73 Å². The molecule has 1 aromatic heterocycles. The number of carbonyl (C=O) groups is 1. The van der Waals surface area contributed by atoms with Gasteiger partial charge in [-0.25, -0.2) is 4.68 Å². The molecule has 1 heterocycles. The van der Waals surface area contributed by atoms with Crippen LogP contribution >= 0.6 is 11.6 Å². The third-order valence-electron chi connectivity index (χ3n) is 3.12. The zero-order valence-electron chi connectivity index (χ0n) is 11.0. The van der Waals surface area contributed by atoms with E-state index in [0.29, 0.717) is 21.8 Å². The highest BCUT2D eigenvalue weighted by molar-refractivity contribution is 6.31. The topological polar surface area (TPSA) is 60.9 Å². The SMILES string of the molecule is Nc1cc(Cl)ccc1C(=O)c1cnn(-c2ccccc2)c1. The first-order valence-electron chi connectivity index (χ1n) is 6.35. The number of nitrogens with two attached hydrogens (primary N) is 1. The molecule has 0 saturated heterocycles. The minimum absolute atomic E-state index is 0.175. The zero-order valence-corrected chi connectivity index (χ0v) is 11.8. The first kappa shape index (κ1) is 13.4. The summed E-state index contributed by atoms with van der Waals surface area (Å²) in [6.07, 6.45) is 3.22. The summed E-state index contributed by atoms with van der Waals surface area (Å²) in [7, 11) is 0. The van der Waals surface area contributed by atoms with Gasteiger partial charge in [-0.15, -0.1) is 0 Å². The van der Waals surface area contributed by atoms with Crippen LogP contribution in [0.4, 0.5) is 5.69 Å². The Bertz CT molecular complexity index is 796. The molecule has 0 bridgehead atoms. The monoisotopic (exact) mass is 297 g/mol. The van der Waals surface area contributed by atoms with E-state index in [9.17, 15) is 4.79 Å². The molecule has 0 radical (unpaired) electrons. The highest BCUT2D eigenvalue weighted by Gasteiger charge is 2.15. The van der Waals surface area contributed by atoms with Gasteiger partial charge in [0.15, 0.2) is 5.78 Å². The predicted octanol–water partition coefficient (Wildman–Crippen LogP) is 3.34. The zero-order chi connectivity index (χ0) is 14.8. The molecule has 2 N–H and O–H groups in total. The summed E-state index contributed by atoms with van der Waals surface area (Å²) in [4.78, 5) is 12.4. The van der Waals surface area contributed by atoms with E-state index in [-0.39, 0.29) is 5.78 Å². The second-order valence-corrected chi connectivity index (χ2v) is 5.01. The van der Waals surface area contributed by atoms with Gasteiger partial charge in [-0.1, -0.05) is 29.8 Å². The van der Waals surface area contributed by atoms with Crippen LogP contribution < -0.4 is 5.73 Å². The van der Waals surface area contributed by atoms with Gasteiger partial charge in [0.05, 0.1) is 17.4 Å². The van der Waals surface area contributed by atoms with E-state index < -0.39 is 0 Å². The lowest BCUT2D eigenvalue weighted by molar-refractivity contribution is 0.103. The predicted molar refractivity (Wildman–Crippen MR) is 82.9 cm³/mol. The van der Waals surface area contributed by atoms with Gasteiger partial charge in [0.2, 0.25) is 0 Å². The summed E-state index contributed by atoms with van der Waals surface area (Å²) in [5.41, 5.74) is 8.00. The molecule has 0 saturated carbocycles. The van der Waals surface area contributed by atoms with Crippen LogP contribution in [0.25, 0.3) is 5.69 Å². The molecule has 3 rings (SSSR count). The van der Waals surface area contributed by atoms with Crippen molar-refractivity contribution in [3.05, 3.63) is 77.1 Å². The second kappa shape index (κ2) is 5.42. The van der Waals surface area contributed by atoms with E-state index >= 15 is 0 Å². The highest BCUT2D eigenvalue weighted by Crippen LogP contribution is 2.21. The van der Waals surface area contributed by atoms with Crippen molar-refractivity contribution in [1.29, 1.82) is 0 Å². The number of para-hydroxylation sites is 1. The van der Waals surface area contributed by atoms with Crippen LogP contribution in [-0.4, -0.2) is 15.6 Å². The fraction of sp³-hybridized carbons (Fsp3) is 0. The first-order valence-corrected chi connectivity index (χ1v) is 6.73. The molecular formula is C16H12ClN3O. The van der Waals surface area contributed by atoms with Crippen LogP contribution in [0.15, 0.2) is 60.9 Å². The number of rotatable bonds is 3. The van der Waals surface area contributed by atoms with E-state index in [4.69, 9.17) is 17.3 Å². The van der Waals surface area contributed by atoms with Crippen molar-refractivity contribution in [2.24, 2.45) is 0 Å². The molecule has 5 heteroatoms. The maximum atomic E-state index is 12.4. The van der Waals surface area contributed by atoms with E-state index in [1.807, 2.05) is 30.3 Å². The summed E-state index contributed by atoms with van der Waals surface area (Å²) < 4.78 is 1.65. The second-order valence-electron chi connectivity index (χ2n) is 4.57. The smallest absolute Gasteiger partial charge is 0.198 e. The van der Waals surface area contributed by atoms with Crippen LogP contribution in [0, 0.1) is 0 Å². The molecule has 104 valence electrons. The Balaban J connectivity index is 1.94. The van der Waals surface area contributed by atoms with Crippen molar-refractivity contribution >= 4 is 23.1 Å². The lowest BCUT2D eigenvalue weighted by Gasteiger charge is -2.03. The fourth-order valence-corrected chi connectivity index (χ4v) is 2.24. The van der Waals surface area contributed by atoms with Crippen LogP contribution in [0.3, 0.4) is 0 Å². The molecular weight excluding hydrogens is 286 g/mol. The molecule has 0 amide bonds. The summed E-state index contributed by atoms with van der Waals surface area (Å²) in [5, 5.41) is 4.71. The Morgan fingerprint density at radius 3 is 2.62 bits per heavy atom. The first-order chi connectivity index (χ1) is 10.1. The molecule has 0 unspecified atom stereocenters. The molecule has 0 fully saturated rings. The molecule has 21 heavy (non-hydrogen) atoms. The van der Waals surface area contributed by atoms with Crippen LogP contribution in [0.2, 0.25) is 5.02 Å². The van der Waals surface area contributed by atoms with Gasteiger partial charge in [-0.05, 0) is 30.3 Å². The van der Waals surface area contributed by atoms with Gasteiger partial charge in [0.1, 0.15) is 0 Å². The van der Waals surface area contributed by atoms with E-state index in [0.717, 1.165) is 5.69 Å². The number of carbonyl (C=O) groups excluding carboxylic acids is 1. The maximum Gasteiger partial charge on any atom is 0.198 e. The molecule has 0 aliphatic rings. The lowest BCUT2D eigenvalue weighted by atomic mass is 10.0. The number of nitrogen functional groups attached to an aromatic ring is 1. The molecule has 0 atom stereocenters. The number of anilines is 1. The van der Waals surface area contributed by atoms with Crippen LogP contribution in [0.1, 0.15) is 15.9 Å². The van der Waals surface area contributed by atoms with E-state index in [1.54, 1.807) is 29.1 Å². The van der Waals surface area contributed by atoms with Gasteiger partial charge in [0.25, 0.3) is 0 Å². The van der Waals surface area contributed by atoms with Crippen LogP contribution in [0.5, 0.6) is 0 Å². The van der Waals surface area contributed by atoms with E-state index in [1.165, 1.54) is 6.20 Å². The highest BCUT2D eigenvalue weighted by atomic mass is 35.5. The van der Waals surface area contributed by atoms with Gasteiger partial charge in [-0.2, -0.15) is 5.10 Å². The van der Waals surface area contributed by atoms with E-state index in [2.05, 4.69) is 5.10 Å². The summed E-state index contributed by atoms with van der Waals surface area (Å²) in [6.45, 7) is 0. The molecule has 0 aliphatic carbocycles. The molecule has 4 nitrogen and oxygen atoms in total. The minimum Gasteiger partial charge on any atom is -0.398 e. The number of aromatic nitrogens is 2. The number of benzene rings is 2. The van der Waals surface area contributed by atoms with Crippen molar-refractivity contribution in [3.8, 4) is 5.69 Å². The third-order valence-corrected chi connectivity index (χ3v) is 3.36. The number of hydrogen-bond acceptors (Lipinski definition) is 3. The van der Waals surface area contributed by atoms with Gasteiger partial charge < -0.3 is 5.73 Å². The number of nitrogens with zero attached hydrogens (tertiary/aromatic N) is 2. The molecule has 3 aromatic rings. The van der Waals surface area contributed by atoms with Gasteiger partial charge in [0, 0.05) is 22.5 Å². The molecule has 0 spiro atoms. The Kier molecular flexibility index (Phi) is 3.46. The summed E-state index contributed by atoms with van der Waals surface area (Å²) >= 11 is 5.84. The Morgan fingerprint density at radius 1 is 1.14 bits per heavy atom. The quantitative estimate of drug-likeness (QED) is 0.596. The largest absolute Gasteiger partial charge is 0.398 e. The Morgan fingerprint density at radius 2 is 1.90 bits per heavy atom. The van der Waals surface area contributed by atoms with Crippen molar-refractivity contribution in [1.82, 2.24) is 9.78 Å². The number of halogens is 1. The number of hydrogen-bond donors (Lipinski definition) is 1. The van der Waals surface area contributed by atoms with Crippen molar-refractivity contribution in [2.45, 2.75) is 0 Å².